The molecule has 103 valence electrons. The van der Waals surface area contributed by atoms with Gasteiger partial charge in [0.05, 0.1) is 0 Å². The maximum absolute atomic E-state index is 7.17. The van der Waals surface area contributed by atoms with E-state index in [-0.39, 0.29) is 20.4 Å². The van der Waals surface area contributed by atoms with Crippen LogP contribution in [0.3, 0.4) is 0 Å². The van der Waals surface area contributed by atoms with E-state index in [1.165, 1.54) is 0 Å². The molecule has 0 rings (SSSR count). The first-order valence-electron chi connectivity index (χ1n) is 3.10. The second kappa shape index (κ2) is 25.3. The van der Waals surface area contributed by atoms with Crippen molar-refractivity contribution in [3.63, 3.8) is 0 Å². The van der Waals surface area contributed by atoms with E-state index in [0.29, 0.717) is 0 Å². The van der Waals surface area contributed by atoms with Gasteiger partial charge in [-0.05, 0) is 0 Å². The van der Waals surface area contributed by atoms with Gasteiger partial charge in [0.25, 0.3) is 0 Å². The second-order valence-corrected chi connectivity index (χ2v) is 1.39. The van der Waals surface area contributed by atoms with Gasteiger partial charge in [-0.3, -0.25) is 0 Å². The number of hydrogen-bond acceptors (Lipinski definition) is 12. The summed E-state index contributed by atoms with van der Waals surface area (Å²) in [4.78, 5) is 0. The maximum Gasteiger partial charge on any atom is 0.631 e. The van der Waals surface area contributed by atoms with E-state index in [4.69, 9.17) is 60.3 Å². The fourth-order valence-corrected chi connectivity index (χ4v) is 0. The molecule has 17 heavy (non-hydrogen) atoms. The maximum atomic E-state index is 7.17. The fourth-order valence-electron chi connectivity index (χ4n) is 0. The Morgan fingerprint density at radius 1 is 0.294 bits per heavy atom. The normalized spacial score (nSPS) is 6.35. The van der Waals surface area contributed by atoms with Crippen LogP contribution in [0.25, 0.3) is 0 Å². The molecule has 0 aromatic rings. The van der Waals surface area contributed by atoms with Gasteiger partial charge in [-0.2, -0.15) is 0 Å². The van der Waals surface area contributed by atoms with E-state index >= 15 is 0 Å². The summed E-state index contributed by atoms with van der Waals surface area (Å²) in [6.45, 7) is 0. The zero-order valence-corrected chi connectivity index (χ0v) is 10.8. The Morgan fingerprint density at radius 2 is 0.294 bits per heavy atom. The fraction of sp³-hybridized carbons (Fsp3) is 0. The molecule has 0 saturated heterocycles. The van der Waals surface area contributed by atoms with E-state index < -0.39 is 29.3 Å². The van der Waals surface area contributed by atoms with Crippen molar-refractivity contribution >= 4 is 29.3 Å². The van der Waals surface area contributed by atoms with Crippen molar-refractivity contribution in [2.75, 3.05) is 0 Å². The van der Waals surface area contributed by atoms with Gasteiger partial charge < -0.3 is 60.3 Å². The van der Waals surface area contributed by atoms with Crippen molar-refractivity contribution < 1.29 is 80.7 Å². The summed E-state index contributed by atoms with van der Waals surface area (Å²) >= 11 is 0. The Bertz CT molecular complexity index is 61.5. The van der Waals surface area contributed by atoms with Gasteiger partial charge in [0, 0.05) is 20.4 Å². The minimum atomic E-state index is -2.17. The molecule has 0 spiro atoms. The summed E-state index contributed by atoms with van der Waals surface area (Å²) in [7, 11) is -8.67. The van der Waals surface area contributed by atoms with Gasteiger partial charge in [0.2, 0.25) is 0 Å². The molecule has 0 aromatic carbocycles. The summed E-state index contributed by atoms with van der Waals surface area (Å²) in [6, 6.07) is 0. The second-order valence-electron chi connectivity index (χ2n) is 1.39. The monoisotopic (exact) mass is 435 g/mol. The molecule has 0 bridgehead atoms. The van der Waals surface area contributed by atoms with E-state index in [1.807, 2.05) is 0 Å². The standard InChI is InChI=1S/4BH3O3.Re/c4*2-1(3)4;/h4*2-4H;. The Balaban J connectivity index is -0.0000000369. The van der Waals surface area contributed by atoms with Gasteiger partial charge in [-0.25, -0.2) is 0 Å². The van der Waals surface area contributed by atoms with Crippen LogP contribution in [0.2, 0.25) is 0 Å². The summed E-state index contributed by atoms with van der Waals surface area (Å²) in [5.41, 5.74) is 0. The zero-order valence-electron chi connectivity index (χ0n) is 8.05. The van der Waals surface area contributed by atoms with E-state index in [0.717, 1.165) is 0 Å². The Kier molecular flexibility index (Phi) is 45.4. The number of rotatable bonds is 0. The minimum Gasteiger partial charge on any atom is -0.402 e. The Labute approximate surface area is 110 Å². The molecule has 12 nitrogen and oxygen atoms in total. The summed E-state index contributed by atoms with van der Waals surface area (Å²) < 4.78 is 0. The summed E-state index contributed by atoms with van der Waals surface area (Å²) in [5, 5.41) is 86.0. The van der Waals surface area contributed by atoms with Crippen LogP contribution in [0.15, 0.2) is 0 Å². The van der Waals surface area contributed by atoms with Gasteiger partial charge in [-0.1, -0.05) is 0 Å². The first-order chi connectivity index (χ1) is 6.93. The topological polar surface area (TPSA) is 243 Å². The van der Waals surface area contributed by atoms with Crippen LogP contribution in [-0.4, -0.2) is 89.6 Å². The Morgan fingerprint density at radius 3 is 0.294 bits per heavy atom. The van der Waals surface area contributed by atoms with Crippen molar-refractivity contribution in [1.29, 1.82) is 0 Å². The SMILES string of the molecule is OB(O)O.OB(O)O.OB(O)O.OB(O)O.[Re]. The largest absolute Gasteiger partial charge is 0.631 e. The minimum absolute atomic E-state index is 0. The average molecular weight is 434 g/mol. The van der Waals surface area contributed by atoms with Crippen molar-refractivity contribution in [2.45, 2.75) is 0 Å². The van der Waals surface area contributed by atoms with Crippen molar-refractivity contribution in [1.82, 2.24) is 0 Å². The van der Waals surface area contributed by atoms with Crippen LogP contribution in [0, 0.1) is 0 Å². The molecule has 0 aliphatic rings. The molecule has 12 N–H and O–H groups in total. The third-order valence-electron chi connectivity index (χ3n) is 0. The summed E-state index contributed by atoms with van der Waals surface area (Å²) in [5.74, 6) is 0. The van der Waals surface area contributed by atoms with Crippen LogP contribution in [0.5, 0.6) is 0 Å². The van der Waals surface area contributed by atoms with Gasteiger partial charge >= 0.3 is 29.3 Å². The third kappa shape index (κ3) is 17500. The molecule has 0 fully saturated rings. The first-order valence-corrected chi connectivity index (χ1v) is 3.10. The van der Waals surface area contributed by atoms with E-state index in [1.54, 1.807) is 0 Å². The molecule has 0 atom stereocenters. The number of hydrogen-bond donors (Lipinski definition) is 12. The first kappa shape index (κ1) is 30.5. The molecule has 0 saturated carbocycles. The molecule has 0 amide bonds. The molecule has 17 heteroatoms. The predicted molar refractivity (Wildman–Crippen MR) is 49.6 cm³/mol. The average Bonchev–Trinajstić information content (AvgIpc) is 1.76. The van der Waals surface area contributed by atoms with Crippen LogP contribution < -0.4 is 0 Å². The zero-order chi connectivity index (χ0) is 14.3. The molecule has 0 aromatic heterocycles. The molecule has 1 radical (unpaired) electrons. The van der Waals surface area contributed by atoms with Crippen LogP contribution in [0.1, 0.15) is 0 Å². The molecule has 0 aliphatic carbocycles. The molecule has 0 aliphatic heterocycles. The molecule has 0 heterocycles. The molecule has 0 unspecified atom stereocenters. The summed E-state index contributed by atoms with van der Waals surface area (Å²) in [6.07, 6.45) is 0. The van der Waals surface area contributed by atoms with Crippen molar-refractivity contribution in [3.8, 4) is 0 Å². The third-order valence-corrected chi connectivity index (χ3v) is 0. The van der Waals surface area contributed by atoms with Crippen molar-refractivity contribution in [2.24, 2.45) is 0 Å². The Hall–Kier alpha value is 0.442. The van der Waals surface area contributed by atoms with Crippen LogP contribution >= 0.6 is 0 Å². The smallest absolute Gasteiger partial charge is 0.402 e. The van der Waals surface area contributed by atoms with E-state index in [2.05, 4.69) is 0 Å². The van der Waals surface area contributed by atoms with Gasteiger partial charge in [-0.15, -0.1) is 0 Å². The quantitative estimate of drug-likeness (QED) is 0.159. The van der Waals surface area contributed by atoms with Gasteiger partial charge in [0.1, 0.15) is 0 Å². The molecular weight excluding hydrogens is 421 g/mol. The van der Waals surface area contributed by atoms with E-state index in [9.17, 15) is 0 Å². The molecular formula is H12B4O12Re. The van der Waals surface area contributed by atoms with Crippen molar-refractivity contribution in [3.05, 3.63) is 0 Å². The van der Waals surface area contributed by atoms with Gasteiger partial charge in [0.15, 0.2) is 0 Å². The van der Waals surface area contributed by atoms with Crippen LogP contribution in [-0.2, 0) is 20.4 Å². The van der Waals surface area contributed by atoms with Crippen LogP contribution in [0.4, 0.5) is 0 Å². The predicted octanol–water partition coefficient (Wildman–Crippen LogP) is -8.21.